The lowest BCUT2D eigenvalue weighted by Gasteiger charge is -2.19. The molecular formula is C12H10ClN5O2. The first kappa shape index (κ1) is 12.6. The van der Waals surface area contributed by atoms with Crippen molar-refractivity contribution in [2.75, 3.05) is 10.2 Å². The number of nitrogens with one attached hydrogen (secondary N) is 1. The zero-order valence-corrected chi connectivity index (χ0v) is 11.5. The van der Waals surface area contributed by atoms with Crippen molar-refractivity contribution < 1.29 is 9.59 Å². The molecule has 8 heteroatoms. The molecule has 3 rings (SSSR count). The number of rotatable bonds is 0. The Labute approximate surface area is 119 Å². The Morgan fingerprint density at radius 1 is 1.45 bits per heavy atom. The van der Waals surface area contributed by atoms with Crippen LogP contribution in [0.1, 0.15) is 16.2 Å². The third-order valence-corrected chi connectivity index (χ3v) is 3.23. The summed E-state index contributed by atoms with van der Waals surface area (Å²) in [7, 11) is 1.63. The van der Waals surface area contributed by atoms with E-state index in [1.165, 1.54) is 15.8 Å². The smallest absolute Gasteiger partial charge is 0.303 e. The summed E-state index contributed by atoms with van der Waals surface area (Å²) in [6.07, 6.45) is 1.52. The number of hydrogen-bond donors (Lipinski definition) is 1. The molecule has 102 valence electrons. The van der Waals surface area contributed by atoms with Crippen LogP contribution in [0.5, 0.6) is 0 Å². The van der Waals surface area contributed by atoms with E-state index in [0.29, 0.717) is 17.1 Å². The first-order valence-corrected chi connectivity index (χ1v) is 6.18. The van der Waals surface area contributed by atoms with Crippen LogP contribution in [-0.4, -0.2) is 26.0 Å². The summed E-state index contributed by atoms with van der Waals surface area (Å²) in [5, 5.41) is 6.10. The highest BCUT2D eigenvalue weighted by molar-refractivity contribution is 6.67. The van der Waals surface area contributed by atoms with Crippen LogP contribution in [-0.2, 0) is 7.05 Å². The summed E-state index contributed by atoms with van der Waals surface area (Å²) < 4.78 is 1.42. The number of aromatic nitrogens is 3. The van der Waals surface area contributed by atoms with E-state index < -0.39 is 5.37 Å². The second-order valence-electron chi connectivity index (χ2n) is 4.32. The van der Waals surface area contributed by atoms with Gasteiger partial charge in [-0.05, 0) is 30.7 Å². The Bertz CT molecular complexity index is 739. The average molecular weight is 292 g/mol. The van der Waals surface area contributed by atoms with E-state index in [1.807, 2.05) is 0 Å². The molecule has 0 spiro atoms. The molecule has 0 saturated heterocycles. The van der Waals surface area contributed by atoms with Gasteiger partial charge in [-0.3, -0.25) is 19.2 Å². The van der Waals surface area contributed by atoms with E-state index in [2.05, 4.69) is 15.4 Å². The fourth-order valence-corrected chi connectivity index (χ4v) is 2.49. The van der Waals surface area contributed by atoms with E-state index in [4.69, 9.17) is 11.6 Å². The number of carbonyl (C=O) groups is 2. The molecular weight excluding hydrogens is 282 g/mol. The molecule has 0 aromatic carbocycles. The van der Waals surface area contributed by atoms with Crippen molar-refractivity contribution in [3.05, 3.63) is 29.7 Å². The number of halogens is 1. The third-order valence-electron chi connectivity index (χ3n) is 3.06. The Hall–Kier alpha value is -2.41. The predicted molar refractivity (Wildman–Crippen MR) is 73.5 cm³/mol. The van der Waals surface area contributed by atoms with Gasteiger partial charge in [-0.1, -0.05) is 0 Å². The van der Waals surface area contributed by atoms with Gasteiger partial charge in [-0.2, -0.15) is 5.10 Å². The van der Waals surface area contributed by atoms with E-state index >= 15 is 0 Å². The van der Waals surface area contributed by atoms with Crippen molar-refractivity contribution in [2.45, 2.75) is 6.92 Å². The van der Waals surface area contributed by atoms with Gasteiger partial charge in [-0.15, -0.1) is 0 Å². The molecule has 2 amide bonds. The minimum Gasteiger partial charge on any atom is -0.303 e. The van der Waals surface area contributed by atoms with Crippen molar-refractivity contribution in [1.82, 2.24) is 14.8 Å². The number of amides is 2. The first-order chi connectivity index (χ1) is 9.50. The lowest BCUT2D eigenvalue weighted by atomic mass is 10.2. The summed E-state index contributed by atoms with van der Waals surface area (Å²) in [6.45, 7) is 1.71. The Morgan fingerprint density at radius 3 is 2.90 bits per heavy atom. The fraction of sp³-hybridized carbons (Fsp3) is 0.167. The average Bonchev–Trinajstić information content (AvgIpc) is 2.59. The van der Waals surface area contributed by atoms with Gasteiger partial charge in [0, 0.05) is 13.2 Å². The van der Waals surface area contributed by atoms with E-state index in [1.54, 1.807) is 26.1 Å². The van der Waals surface area contributed by atoms with E-state index in [9.17, 15) is 9.59 Å². The molecule has 0 bridgehead atoms. The Kier molecular flexibility index (Phi) is 2.72. The maximum Gasteiger partial charge on any atom is 0.325 e. The molecule has 0 saturated carbocycles. The molecule has 1 aliphatic heterocycles. The lowest BCUT2D eigenvalue weighted by Crippen LogP contribution is -2.21. The zero-order chi connectivity index (χ0) is 14.4. The molecule has 0 fully saturated rings. The van der Waals surface area contributed by atoms with Gasteiger partial charge in [-0.25, -0.2) is 4.98 Å². The molecule has 1 N–H and O–H groups in total. The summed E-state index contributed by atoms with van der Waals surface area (Å²) in [5.41, 5.74) is 1.57. The molecule has 3 heterocycles. The van der Waals surface area contributed by atoms with E-state index in [0.717, 1.165) is 0 Å². The standard InChI is InChI=1S/C12H10ClN5O2/c1-6-8-9(17(2)16-6)11(19)15-10-7(4-3-5-14-10)18(8)12(13)20/h3-5H,1-2H3,(H,14,15,19). The summed E-state index contributed by atoms with van der Waals surface area (Å²) in [4.78, 5) is 29.4. The molecule has 0 unspecified atom stereocenters. The zero-order valence-electron chi connectivity index (χ0n) is 10.7. The van der Waals surface area contributed by atoms with Gasteiger partial charge in [0.2, 0.25) is 0 Å². The highest BCUT2D eigenvalue weighted by Gasteiger charge is 2.34. The lowest BCUT2D eigenvalue weighted by molar-refractivity contribution is 0.101. The quantitative estimate of drug-likeness (QED) is 0.596. The topological polar surface area (TPSA) is 80.1 Å². The van der Waals surface area contributed by atoms with Crippen LogP contribution < -0.4 is 10.2 Å². The van der Waals surface area contributed by atoms with Crippen molar-refractivity contribution in [2.24, 2.45) is 7.05 Å². The minimum atomic E-state index is -0.729. The van der Waals surface area contributed by atoms with Gasteiger partial charge in [0.1, 0.15) is 5.69 Å². The SMILES string of the molecule is Cc1nn(C)c2c1N(C(=O)Cl)c1cccnc1NC2=O. The molecule has 2 aromatic rings. The van der Waals surface area contributed by atoms with Gasteiger partial charge in [0.15, 0.2) is 11.5 Å². The highest BCUT2D eigenvalue weighted by Crippen LogP contribution is 2.38. The largest absolute Gasteiger partial charge is 0.325 e. The first-order valence-electron chi connectivity index (χ1n) is 5.80. The molecule has 20 heavy (non-hydrogen) atoms. The number of pyridine rings is 1. The number of carbonyl (C=O) groups excluding carboxylic acids is 2. The van der Waals surface area contributed by atoms with Crippen LogP contribution >= 0.6 is 11.6 Å². The van der Waals surface area contributed by atoms with Gasteiger partial charge in [0.25, 0.3) is 5.91 Å². The second-order valence-corrected chi connectivity index (χ2v) is 4.64. The summed E-state index contributed by atoms with van der Waals surface area (Å²) >= 11 is 5.70. The van der Waals surface area contributed by atoms with Crippen LogP contribution in [0, 0.1) is 6.92 Å². The van der Waals surface area contributed by atoms with Gasteiger partial charge < -0.3 is 5.32 Å². The highest BCUT2D eigenvalue weighted by atomic mass is 35.5. The van der Waals surface area contributed by atoms with Crippen LogP contribution in [0.4, 0.5) is 22.0 Å². The fourth-order valence-electron chi connectivity index (χ4n) is 2.31. The summed E-state index contributed by atoms with van der Waals surface area (Å²) in [5.74, 6) is -0.106. The molecule has 0 aliphatic carbocycles. The molecule has 0 radical (unpaired) electrons. The molecule has 2 aromatic heterocycles. The van der Waals surface area contributed by atoms with Gasteiger partial charge >= 0.3 is 5.37 Å². The van der Waals surface area contributed by atoms with Crippen LogP contribution in [0.3, 0.4) is 0 Å². The maximum absolute atomic E-state index is 12.3. The number of hydrogen-bond acceptors (Lipinski definition) is 4. The number of nitrogens with zero attached hydrogens (tertiary/aromatic N) is 4. The van der Waals surface area contributed by atoms with Crippen molar-refractivity contribution in [3.8, 4) is 0 Å². The van der Waals surface area contributed by atoms with Crippen LogP contribution in [0.15, 0.2) is 18.3 Å². The number of fused-ring (bicyclic) bond motifs is 2. The van der Waals surface area contributed by atoms with Crippen molar-refractivity contribution in [3.63, 3.8) is 0 Å². The van der Waals surface area contributed by atoms with E-state index in [-0.39, 0.29) is 17.4 Å². The third kappa shape index (κ3) is 1.67. The molecule has 0 atom stereocenters. The Morgan fingerprint density at radius 2 is 2.20 bits per heavy atom. The van der Waals surface area contributed by atoms with Gasteiger partial charge in [0.05, 0.1) is 11.4 Å². The van der Waals surface area contributed by atoms with Crippen molar-refractivity contribution in [1.29, 1.82) is 0 Å². The number of aryl methyl sites for hydroxylation is 2. The monoisotopic (exact) mass is 291 g/mol. The maximum atomic E-state index is 12.3. The minimum absolute atomic E-state index is 0.259. The number of anilines is 3. The predicted octanol–water partition coefficient (Wildman–Crippen LogP) is 2.19. The molecule has 7 nitrogen and oxygen atoms in total. The van der Waals surface area contributed by atoms with Crippen LogP contribution in [0.2, 0.25) is 0 Å². The van der Waals surface area contributed by atoms with Crippen molar-refractivity contribution >= 4 is 40.1 Å². The normalized spacial score (nSPS) is 13.3. The second kappa shape index (κ2) is 4.31. The molecule has 1 aliphatic rings. The summed E-state index contributed by atoms with van der Waals surface area (Å²) in [6, 6.07) is 3.32. The Balaban J connectivity index is 2.37. The van der Waals surface area contributed by atoms with Crippen LogP contribution in [0.25, 0.3) is 0 Å².